The van der Waals surface area contributed by atoms with Crippen LogP contribution >= 0.6 is 0 Å². The SMILES string of the molecule is Cc1cc[c]c(C2=CCN(C)CC2)c1. The van der Waals surface area contributed by atoms with Crippen LogP contribution in [-0.2, 0) is 0 Å². The van der Waals surface area contributed by atoms with E-state index in [0.717, 1.165) is 19.5 Å². The molecule has 14 heavy (non-hydrogen) atoms. The van der Waals surface area contributed by atoms with Gasteiger partial charge in [-0.2, -0.15) is 0 Å². The van der Waals surface area contributed by atoms with Crippen LogP contribution in [0, 0.1) is 13.0 Å². The zero-order valence-corrected chi connectivity index (χ0v) is 8.88. The predicted molar refractivity (Wildman–Crippen MR) is 60.1 cm³/mol. The first-order chi connectivity index (χ1) is 6.75. The minimum atomic E-state index is 1.07. The molecule has 1 heterocycles. The van der Waals surface area contributed by atoms with Crippen LogP contribution in [0.25, 0.3) is 5.57 Å². The molecule has 0 unspecified atom stereocenters. The second kappa shape index (κ2) is 3.97. The zero-order valence-electron chi connectivity index (χ0n) is 8.88. The maximum absolute atomic E-state index is 3.31. The second-order valence-corrected chi connectivity index (χ2v) is 4.02. The summed E-state index contributed by atoms with van der Waals surface area (Å²) in [7, 11) is 2.16. The summed E-state index contributed by atoms with van der Waals surface area (Å²) in [6, 6.07) is 9.64. The topological polar surface area (TPSA) is 3.24 Å². The molecule has 1 heteroatoms. The minimum Gasteiger partial charge on any atom is -0.302 e. The number of hydrogen-bond donors (Lipinski definition) is 0. The van der Waals surface area contributed by atoms with Crippen molar-refractivity contribution in [1.82, 2.24) is 4.90 Å². The van der Waals surface area contributed by atoms with E-state index in [1.165, 1.54) is 16.7 Å². The molecule has 1 aliphatic rings. The molecule has 0 N–H and O–H groups in total. The van der Waals surface area contributed by atoms with E-state index in [-0.39, 0.29) is 0 Å². The predicted octanol–water partition coefficient (Wildman–Crippen LogP) is 2.51. The van der Waals surface area contributed by atoms with Crippen LogP contribution in [-0.4, -0.2) is 25.0 Å². The van der Waals surface area contributed by atoms with E-state index in [1.807, 2.05) is 6.07 Å². The van der Waals surface area contributed by atoms with E-state index in [1.54, 1.807) is 0 Å². The van der Waals surface area contributed by atoms with Gasteiger partial charge in [-0.3, -0.25) is 0 Å². The second-order valence-electron chi connectivity index (χ2n) is 4.02. The molecule has 0 fully saturated rings. The quantitative estimate of drug-likeness (QED) is 0.651. The lowest BCUT2D eigenvalue weighted by Gasteiger charge is -2.22. The van der Waals surface area contributed by atoms with Crippen LogP contribution in [0.4, 0.5) is 0 Å². The molecule has 0 spiro atoms. The van der Waals surface area contributed by atoms with Crippen molar-refractivity contribution in [2.24, 2.45) is 0 Å². The normalized spacial score (nSPS) is 18.0. The Hall–Kier alpha value is -1.08. The lowest BCUT2D eigenvalue weighted by Crippen LogP contribution is -2.23. The molecule has 0 bridgehead atoms. The number of rotatable bonds is 1. The third-order valence-electron chi connectivity index (χ3n) is 2.72. The third-order valence-corrected chi connectivity index (χ3v) is 2.72. The highest BCUT2D eigenvalue weighted by atomic mass is 15.1. The van der Waals surface area contributed by atoms with Crippen LogP contribution < -0.4 is 0 Å². The van der Waals surface area contributed by atoms with Gasteiger partial charge in [-0.15, -0.1) is 0 Å². The Balaban J connectivity index is 2.23. The van der Waals surface area contributed by atoms with Gasteiger partial charge in [0.15, 0.2) is 0 Å². The molecule has 0 saturated heterocycles. The van der Waals surface area contributed by atoms with Crippen molar-refractivity contribution in [3.8, 4) is 0 Å². The summed E-state index contributed by atoms with van der Waals surface area (Å²) in [5.74, 6) is 0. The van der Waals surface area contributed by atoms with Gasteiger partial charge in [0.25, 0.3) is 0 Å². The molecule has 1 radical (unpaired) electrons. The molecule has 2 rings (SSSR count). The first-order valence-corrected chi connectivity index (χ1v) is 5.12. The van der Waals surface area contributed by atoms with Crippen molar-refractivity contribution in [3.05, 3.63) is 41.5 Å². The number of benzene rings is 1. The third kappa shape index (κ3) is 2.05. The first kappa shape index (κ1) is 9.47. The van der Waals surface area contributed by atoms with Crippen LogP contribution in [0.3, 0.4) is 0 Å². The largest absolute Gasteiger partial charge is 0.302 e. The number of likely N-dealkylation sites (N-methyl/N-ethyl adjacent to an activating group) is 1. The van der Waals surface area contributed by atoms with Crippen LogP contribution in [0.15, 0.2) is 24.3 Å². The Bertz CT molecular complexity index is 352. The average molecular weight is 186 g/mol. The van der Waals surface area contributed by atoms with Crippen LogP contribution in [0.5, 0.6) is 0 Å². The van der Waals surface area contributed by atoms with Gasteiger partial charge >= 0.3 is 0 Å². The molecule has 0 amide bonds. The highest BCUT2D eigenvalue weighted by Gasteiger charge is 2.09. The monoisotopic (exact) mass is 186 g/mol. The molecule has 1 aromatic rings. The molecule has 0 saturated carbocycles. The van der Waals surface area contributed by atoms with E-state index in [0.29, 0.717) is 0 Å². The summed E-state index contributed by atoms with van der Waals surface area (Å²) in [5, 5.41) is 0. The molecular weight excluding hydrogens is 170 g/mol. The van der Waals surface area contributed by atoms with Gasteiger partial charge in [0.1, 0.15) is 0 Å². The lowest BCUT2D eigenvalue weighted by molar-refractivity contribution is 0.370. The summed E-state index contributed by atoms with van der Waals surface area (Å²) in [6.45, 7) is 4.36. The Morgan fingerprint density at radius 1 is 1.43 bits per heavy atom. The van der Waals surface area contributed by atoms with Crippen molar-refractivity contribution >= 4 is 5.57 Å². The molecule has 73 valence electrons. The van der Waals surface area contributed by atoms with Crippen molar-refractivity contribution in [2.75, 3.05) is 20.1 Å². The van der Waals surface area contributed by atoms with Crippen molar-refractivity contribution in [2.45, 2.75) is 13.3 Å². The molecular formula is C13H16N. The smallest absolute Gasteiger partial charge is 0.0166 e. The van der Waals surface area contributed by atoms with Crippen LogP contribution in [0.2, 0.25) is 0 Å². The zero-order chi connectivity index (χ0) is 9.97. The number of aryl methyl sites for hydroxylation is 1. The lowest BCUT2D eigenvalue weighted by atomic mass is 9.98. The summed E-state index contributed by atoms with van der Waals surface area (Å²) in [6.07, 6.45) is 3.46. The Morgan fingerprint density at radius 2 is 2.29 bits per heavy atom. The van der Waals surface area contributed by atoms with Gasteiger partial charge < -0.3 is 4.90 Å². The van der Waals surface area contributed by atoms with Crippen molar-refractivity contribution in [3.63, 3.8) is 0 Å². The van der Waals surface area contributed by atoms with Crippen molar-refractivity contribution in [1.29, 1.82) is 0 Å². The summed E-state index contributed by atoms with van der Waals surface area (Å²) >= 11 is 0. The molecule has 0 aliphatic carbocycles. The Labute approximate surface area is 86.1 Å². The van der Waals surface area contributed by atoms with E-state index in [9.17, 15) is 0 Å². The molecule has 1 aromatic carbocycles. The van der Waals surface area contributed by atoms with Gasteiger partial charge in [-0.25, -0.2) is 0 Å². The standard InChI is InChI=1S/C13H16N/c1-11-4-3-5-13(10-11)12-6-8-14(2)9-7-12/h3-4,6,10H,7-9H2,1-2H3. The fourth-order valence-corrected chi connectivity index (χ4v) is 1.78. The van der Waals surface area contributed by atoms with Gasteiger partial charge in [-0.05, 0) is 37.6 Å². The molecule has 1 nitrogen and oxygen atoms in total. The highest BCUT2D eigenvalue weighted by Crippen LogP contribution is 2.21. The van der Waals surface area contributed by atoms with Crippen LogP contribution in [0.1, 0.15) is 17.5 Å². The maximum atomic E-state index is 3.31. The summed E-state index contributed by atoms with van der Waals surface area (Å²) in [4.78, 5) is 2.33. The Morgan fingerprint density at radius 3 is 2.93 bits per heavy atom. The first-order valence-electron chi connectivity index (χ1n) is 5.12. The molecule has 0 atom stereocenters. The van der Waals surface area contributed by atoms with E-state index in [2.05, 4.69) is 43.1 Å². The summed E-state index contributed by atoms with van der Waals surface area (Å²) in [5.41, 5.74) is 4.04. The van der Waals surface area contributed by atoms with Gasteiger partial charge in [-0.1, -0.05) is 29.8 Å². The maximum Gasteiger partial charge on any atom is 0.0166 e. The van der Waals surface area contributed by atoms with Gasteiger partial charge in [0.2, 0.25) is 0 Å². The highest BCUT2D eigenvalue weighted by molar-refractivity contribution is 5.66. The number of hydrogen-bond acceptors (Lipinski definition) is 1. The average Bonchev–Trinajstić information content (AvgIpc) is 2.19. The fourth-order valence-electron chi connectivity index (χ4n) is 1.78. The fraction of sp³-hybridized carbons (Fsp3) is 0.385. The molecule has 1 aliphatic heterocycles. The number of nitrogens with zero attached hydrogens (tertiary/aromatic N) is 1. The van der Waals surface area contributed by atoms with Gasteiger partial charge in [0, 0.05) is 13.1 Å². The minimum absolute atomic E-state index is 1.07. The molecule has 0 aromatic heterocycles. The van der Waals surface area contributed by atoms with Gasteiger partial charge in [0.05, 0.1) is 0 Å². The van der Waals surface area contributed by atoms with E-state index in [4.69, 9.17) is 0 Å². The summed E-state index contributed by atoms with van der Waals surface area (Å²) < 4.78 is 0. The van der Waals surface area contributed by atoms with Crippen molar-refractivity contribution < 1.29 is 0 Å². The van der Waals surface area contributed by atoms with E-state index < -0.39 is 0 Å². The van der Waals surface area contributed by atoms with E-state index >= 15 is 0 Å². The Kier molecular flexibility index (Phi) is 2.69.